The molecule has 0 aromatic heterocycles. The van der Waals surface area contributed by atoms with E-state index in [1.807, 2.05) is 12.3 Å². The molecule has 0 spiro atoms. The number of carbonyl (C=O) groups excluding carboxylic acids is 1. The number of halogens is 2. The molecule has 0 radical (unpaired) electrons. The third-order valence-electron chi connectivity index (χ3n) is 2.15. The molecule has 0 saturated heterocycles. The Morgan fingerprint density at radius 3 is 2.94 bits per heavy atom. The van der Waals surface area contributed by atoms with E-state index in [2.05, 4.69) is 15.9 Å². The van der Waals surface area contributed by atoms with Crippen molar-refractivity contribution in [2.75, 3.05) is 0 Å². The molecule has 1 rings (SSSR count). The van der Waals surface area contributed by atoms with Gasteiger partial charge in [-0.25, -0.2) is 10.2 Å². The quantitative estimate of drug-likeness (QED) is 0.497. The lowest BCUT2D eigenvalue weighted by molar-refractivity contribution is -0.128. The molecule has 1 amide bonds. The van der Waals surface area contributed by atoms with Gasteiger partial charge in [0.05, 0.1) is 0 Å². The van der Waals surface area contributed by atoms with Crippen molar-refractivity contribution < 1.29 is 13.9 Å². The van der Waals surface area contributed by atoms with E-state index in [0.29, 0.717) is 10.9 Å². The van der Waals surface area contributed by atoms with Crippen LogP contribution in [0.25, 0.3) is 0 Å². The van der Waals surface area contributed by atoms with Gasteiger partial charge in [-0.05, 0) is 24.6 Å². The number of hydrazine groups is 1. The van der Waals surface area contributed by atoms with Crippen molar-refractivity contribution in [2.24, 2.45) is 5.84 Å². The highest BCUT2D eigenvalue weighted by atomic mass is 79.9. The van der Waals surface area contributed by atoms with Gasteiger partial charge in [0.25, 0.3) is 5.91 Å². The normalized spacial score (nSPS) is 12.0. The van der Waals surface area contributed by atoms with E-state index in [-0.39, 0.29) is 5.75 Å². The molecular formula is C11H14BrFN2O2. The molecule has 94 valence electrons. The van der Waals surface area contributed by atoms with Gasteiger partial charge in [0.1, 0.15) is 0 Å². The van der Waals surface area contributed by atoms with Gasteiger partial charge in [0, 0.05) is 4.47 Å². The molecular weight excluding hydrogens is 291 g/mol. The van der Waals surface area contributed by atoms with E-state index in [4.69, 9.17) is 10.6 Å². The van der Waals surface area contributed by atoms with Crippen LogP contribution in [0.5, 0.6) is 5.75 Å². The Bertz CT molecular complexity index is 401. The van der Waals surface area contributed by atoms with Crippen LogP contribution in [0.15, 0.2) is 22.7 Å². The number of nitrogens with one attached hydrogen (secondary N) is 1. The van der Waals surface area contributed by atoms with Crippen LogP contribution in [0.2, 0.25) is 0 Å². The SMILES string of the molecule is CCCC(Oc1cc(Br)ccc1F)C(=O)NN. The second-order valence-corrected chi connectivity index (χ2v) is 4.39. The number of hydrogen-bond acceptors (Lipinski definition) is 3. The Hall–Kier alpha value is -1.14. The third-order valence-corrected chi connectivity index (χ3v) is 2.64. The molecule has 4 nitrogen and oxygen atoms in total. The number of carbonyl (C=O) groups is 1. The largest absolute Gasteiger partial charge is 0.477 e. The van der Waals surface area contributed by atoms with Crippen molar-refractivity contribution in [3.63, 3.8) is 0 Å². The van der Waals surface area contributed by atoms with E-state index >= 15 is 0 Å². The number of benzene rings is 1. The fourth-order valence-corrected chi connectivity index (χ4v) is 1.66. The zero-order valence-electron chi connectivity index (χ0n) is 9.37. The summed E-state index contributed by atoms with van der Waals surface area (Å²) in [7, 11) is 0. The number of amides is 1. The molecule has 17 heavy (non-hydrogen) atoms. The highest BCUT2D eigenvalue weighted by molar-refractivity contribution is 9.10. The second kappa shape index (κ2) is 6.56. The summed E-state index contributed by atoms with van der Waals surface area (Å²) in [5.41, 5.74) is 2.01. The highest BCUT2D eigenvalue weighted by Crippen LogP contribution is 2.24. The van der Waals surface area contributed by atoms with Gasteiger partial charge in [-0.1, -0.05) is 29.3 Å². The summed E-state index contributed by atoms with van der Waals surface area (Å²) in [5.74, 6) is 4.09. The molecule has 0 bridgehead atoms. The number of ether oxygens (including phenoxy) is 1. The lowest BCUT2D eigenvalue weighted by Crippen LogP contribution is -2.42. The summed E-state index contributed by atoms with van der Waals surface area (Å²) in [4.78, 5) is 11.4. The molecule has 0 aliphatic carbocycles. The highest BCUT2D eigenvalue weighted by Gasteiger charge is 2.20. The average molecular weight is 305 g/mol. The van der Waals surface area contributed by atoms with Crippen LogP contribution in [-0.4, -0.2) is 12.0 Å². The zero-order valence-corrected chi connectivity index (χ0v) is 11.0. The molecule has 0 aliphatic rings. The van der Waals surface area contributed by atoms with Gasteiger partial charge in [0.2, 0.25) is 0 Å². The first-order valence-corrected chi connectivity index (χ1v) is 6.00. The maximum atomic E-state index is 13.4. The van der Waals surface area contributed by atoms with E-state index in [1.54, 1.807) is 6.07 Å². The molecule has 3 N–H and O–H groups in total. The van der Waals surface area contributed by atoms with Gasteiger partial charge in [0.15, 0.2) is 17.7 Å². The Labute approximate surface area is 107 Å². The Kier molecular flexibility index (Phi) is 5.37. The van der Waals surface area contributed by atoms with Crippen LogP contribution < -0.4 is 16.0 Å². The number of hydrogen-bond donors (Lipinski definition) is 2. The van der Waals surface area contributed by atoms with Gasteiger partial charge in [-0.3, -0.25) is 10.2 Å². The predicted octanol–water partition coefficient (Wildman–Crippen LogP) is 2.13. The molecule has 0 aliphatic heterocycles. The van der Waals surface area contributed by atoms with E-state index in [0.717, 1.165) is 6.42 Å². The van der Waals surface area contributed by atoms with Crippen molar-refractivity contribution in [1.29, 1.82) is 0 Å². The molecule has 0 heterocycles. The topological polar surface area (TPSA) is 64.3 Å². The molecule has 1 aromatic rings. The predicted molar refractivity (Wildman–Crippen MR) is 65.8 cm³/mol. The average Bonchev–Trinajstić information content (AvgIpc) is 2.32. The molecule has 0 fully saturated rings. The summed E-state index contributed by atoms with van der Waals surface area (Å²) in [6.45, 7) is 1.90. The molecule has 1 atom stereocenters. The van der Waals surface area contributed by atoms with Crippen molar-refractivity contribution >= 4 is 21.8 Å². The standard InChI is InChI=1S/C11H14BrFN2O2/c1-2-3-9(11(16)15-14)17-10-6-7(12)4-5-8(10)13/h4-6,9H,2-3,14H2,1H3,(H,15,16). The number of nitrogens with two attached hydrogens (primary N) is 1. The van der Waals surface area contributed by atoms with Crippen LogP contribution in [0.3, 0.4) is 0 Å². The fourth-order valence-electron chi connectivity index (χ4n) is 1.32. The first-order valence-electron chi connectivity index (χ1n) is 5.20. The second-order valence-electron chi connectivity index (χ2n) is 3.48. The van der Waals surface area contributed by atoms with Crippen LogP contribution >= 0.6 is 15.9 Å². The van der Waals surface area contributed by atoms with E-state index in [9.17, 15) is 9.18 Å². The Morgan fingerprint density at radius 1 is 1.65 bits per heavy atom. The van der Waals surface area contributed by atoms with E-state index in [1.165, 1.54) is 12.1 Å². The smallest absolute Gasteiger partial charge is 0.274 e. The van der Waals surface area contributed by atoms with Gasteiger partial charge in [-0.2, -0.15) is 0 Å². The van der Waals surface area contributed by atoms with Crippen molar-refractivity contribution in [3.8, 4) is 5.75 Å². The maximum absolute atomic E-state index is 13.4. The van der Waals surface area contributed by atoms with Crippen molar-refractivity contribution in [1.82, 2.24) is 5.43 Å². The van der Waals surface area contributed by atoms with E-state index < -0.39 is 17.8 Å². The summed E-state index contributed by atoms with van der Waals surface area (Å²) in [5, 5.41) is 0. The first kappa shape index (κ1) is 13.9. The molecule has 0 saturated carbocycles. The number of rotatable bonds is 5. The van der Waals surface area contributed by atoms with Gasteiger partial charge < -0.3 is 4.74 Å². The van der Waals surface area contributed by atoms with Crippen LogP contribution in [0.1, 0.15) is 19.8 Å². The molecule has 1 unspecified atom stereocenters. The monoisotopic (exact) mass is 304 g/mol. The third kappa shape index (κ3) is 3.98. The molecule has 1 aromatic carbocycles. The van der Waals surface area contributed by atoms with Crippen LogP contribution in [0.4, 0.5) is 4.39 Å². The summed E-state index contributed by atoms with van der Waals surface area (Å²) in [6.07, 6.45) is 0.414. The van der Waals surface area contributed by atoms with Crippen molar-refractivity contribution in [2.45, 2.75) is 25.9 Å². The summed E-state index contributed by atoms with van der Waals surface area (Å²) < 4.78 is 19.4. The lowest BCUT2D eigenvalue weighted by atomic mass is 10.2. The minimum absolute atomic E-state index is 0.0291. The first-order chi connectivity index (χ1) is 8.08. The Balaban J connectivity index is 2.85. The summed E-state index contributed by atoms with van der Waals surface area (Å²) >= 11 is 3.21. The Morgan fingerprint density at radius 2 is 2.35 bits per heavy atom. The molecule has 6 heteroatoms. The van der Waals surface area contributed by atoms with Gasteiger partial charge >= 0.3 is 0 Å². The van der Waals surface area contributed by atoms with Crippen molar-refractivity contribution in [3.05, 3.63) is 28.5 Å². The maximum Gasteiger partial charge on any atom is 0.274 e. The minimum atomic E-state index is -0.784. The summed E-state index contributed by atoms with van der Waals surface area (Å²) in [6, 6.07) is 4.30. The lowest BCUT2D eigenvalue weighted by Gasteiger charge is -2.17. The van der Waals surface area contributed by atoms with Crippen LogP contribution in [0, 0.1) is 5.82 Å². The zero-order chi connectivity index (χ0) is 12.8. The van der Waals surface area contributed by atoms with Gasteiger partial charge in [-0.15, -0.1) is 0 Å². The minimum Gasteiger partial charge on any atom is -0.477 e. The fraction of sp³-hybridized carbons (Fsp3) is 0.364. The van der Waals surface area contributed by atoms with Crippen LogP contribution in [-0.2, 0) is 4.79 Å².